The molecule has 0 aliphatic carbocycles. The zero-order valence-corrected chi connectivity index (χ0v) is 17.0. The van der Waals surface area contributed by atoms with Crippen molar-refractivity contribution in [2.24, 2.45) is 0 Å². The molecule has 11 nitrogen and oxygen atoms in total. The number of likely N-dealkylation sites (tertiary alicyclic amines) is 1. The third-order valence-electron chi connectivity index (χ3n) is 5.39. The normalized spacial score (nSPS) is 27.0. The van der Waals surface area contributed by atoms with Crippen LogP contribution in [0.1, 0.15) is 52.9 Å². The maximum absolute atomic E-state index is 12.6. The summed E-state index contributed by atoms with van der Waals surface area (Å²) in [5, 5.41) is 10.4. The number of hydrazine groups is 1. The molecule has 0 aromatic heterocycles. The van der Waals surface area contributed by atoms with Gasteiger partial charge in [-0.15, -0.1) is 0 Å². The Balaban J connectivity index is 1.57. The summed E-state index contributed by atoms with van der Waals surface area (Å²) in [6.07, 6.45) is 2.35. The molecule has 162 valence electrons. The number of rotatable bonds is 2. The van der Waals surface area contributed by atoms with Crippen LogP contribution in [0.2, 0.25) is 0 Å². The molecule has 29 heavy (non-hydrogen) atoms. The Morgan fingerprint density at radius 3 is 2.34 bits per heavy atom. The molecule has 5 amide bonds. The molecular formula is C18H29N5O6. The van der Waals surface area contributed by atoms with Gasteiger partial charge in [-0.25, -0.2) is 14.7 Å². The first-order valence-electron chi connectivity index (χ1n) is 9.96. The smallest absolute Gasteiger partial charge is 0.410 e. The number of nitrogens with zero attached hydrogens (tertiary/aromatic N) is 3. The van der Waals surface area contributed by atoms with Gasteiger partial charge in [0.05, 0.1) is 6.04 Å². The second-order valence-electron chi connectivity index (χ2n) is 8.69. The molecule has 0 saturated carbocycles. The Bertz CT molecular complexity index is 693. The summed E-state index contributed by atoms with van der Waals surface area (Å²) in [5.41, 5.74) is 4.07. The van der Waals surface area contributed by atoms with Crippen LogP contribution in [0, 0.1) is 0 Å². The summed E-state index contributed by atoms with van der Waals surface area (Å²) < 4.78 is 5.38. The van der Waals surface area contributed by atoms with Crippen molar-refractivity contribution in [1.82, 2.24) is 25.7 Å². The minimum atomic E-state index is -0.760. The van der Waals surface area contributed by atoms with Gasteiger partial charge in [0.1, 0.15) is 17.7 Å². The molecule has 3 aliphatic rings. The average Bonchev–Trinajstić information content (AvgIpc) is 2.88. The lowest BCUT2D eigenvalue weighted by atomic mass is 10.0. The number of carbonyl (C=O) groups is 4. The average molecular weight is 411 g/mol. The largest absolute Gasteiger partial charge is 0.444 e. The highest BCUT2D eigenvalue weighted by atomic mass is 16.6. The Morgan fingerprint density at radius 1 is 1.03 bits per heavy atom. The van der Waals surface area contributed by atoms with Crippen molar-refractivity contribution in [3.05, 3.63) is 0 Å². The first-order valence-corrected chi connectivity index (χ1v) is 9.96. The van der Waals surface area contributed by atoms with Gasteiger partial charge in [0.25, 0.3) is 11.8 Å². The van der Waals surface area contributed by atoms with Crippen LogP contribution in [0.4, 0.5) is 9.59 Å². The minimum absolute atomic E-state index is 0.274. The van der Waals surface area contributed by atoms with Gasteiger partial charge in [0, 0.05) is 13.1 Å². The SMILES string of the molecule is CC(C)(C)OC(=O)N1CCCC[C@@H]1C(=O)NNC(=O)[C@@H]1CC[C@@H]2CN1C(=O)N2O. The number of hydrogen-bond donors (Lipinski definition) is 3. The fraction of sp³-hybridized carbons (Fsp3) is 0.778. The molecular weight excluding hydrogens is 382 g/mol. The van der Waals surface area contributed by atoms with E-state index in [1.807, 2.05) is 0 Å². The van der Waals surface area contributed by atoms with Gasteiger partial charge >= 0.3 is 12.1 Å². The maximum Gasteiger partial charge on any atom is 0.410 e. The Morgan fingerprint density at radius 2 is 1.69 bits per heavy atom. The van der Waals surface area contributed by atoms with Crippen LogP contribution < -0.4 is 10.9 Å². The molecule has 3 N–H and O–H groups in total. The Hall–Kier alpha value is -2.56. The number of carbonyl (C=O) groups excluding carboxylic acids is 4. The van der Waals surface area contributed by atoms with Crippen LogP contribution in [0.25, 0.3) is 0 Å². The summed E-state index contributed by atoms with van der Waals surface area (Å²) in [5.74, 6) is -1.03. The van der Waals surface area contributed by atoms with Crippen molar-refractivity contribution in [1.29, 1.82) is 0 Å². The van der Waals surface area contributed by atoms with Gasteiger partial charge in [-0.1, -0.05) is 0 Å². The van der Waals surface area contributed by atoms with E-state index < -0.39 is 41.6 Å². The third-order valence-corrected chi connectivity index (χ3v) is 5.39. The van der Waals surface area contributed by atoms with Crippen molar-refractivity contribution in [3.63, 3.8) is 0 Å². The summed E-state index contributed by atoms with van der Waals surface area (Å²) in [6.45, 7) is 5.94. The molecule has 3 atom stereocenters. The molecule has 0 aromatic rings. The topological polar surface area (TPSA) is 132 Å². The lowest BCUT2D eigenvalue weighted by molar-refractivity contribution is -0.134. The first-order chi connectivity index (χ1) is 13.6. The van der Waals surface area contributed by atoms with Gasteiger partial charge in [0.2, 0.25) is 0 Å². The minimum Gasteiger partial charge on any atom is -0.444 e. The quantitative estimate of drug-likeness (QED) is 0.450. The second-order valence-corrected chi connectivity index (χ2v) is 8.69. The molecule has 0 spiro atoms. The second kappa shape index (κ2) is 8.05. The number of hydroxylamine groups is 2. The van der Waals surface area contributed by atoms with Crippen LogP contribution in [0.15, 0.2) is 0 Å². The highest BCUT2D eigenvalue weighted by Gasteiger charge is 2.47. The van der Waals surface area contributed by atoms with Crippen molar-refractivity contribution in [3.8, 4) is 0 Å². The lowest BCUT2D eigenvalue weighted by Gasteiger charge is -2.36. The van der Waals surface area contributed by atoms with Crippen LogP contribution in [-0.2, 0) is 14.3 Å². The van der Waals surface area contributed by atoms with Gasteiger partial charge in [-0.3, -0.25) is 30.5 Å². The summed E-state index contributed by atoms with van der Waals surface area (Å²) >= 11 is 0. The van der Waals surface area contributed by atoms with Gasteiger partial charge in [0.15, 0.2) is 0 Å². The zero-order valence-electron chi connectivity index (χ0n) is 17.0. The predicted molar refractivity (Wildman–Crippen MR) is 99.4 cm³/mol. The van der Waals surface area contributed by atoms with E-state index in [0.29, 0.717) is 30.9 Å². The van der Waals surface area contributed by atoms with E-state index >= 15 is 0 Å². The zero-order chi connectivity index (χ0) is 21.3. The summed E-state index contributed by atoms with van der Waals surface area (Å²) in [6, 6.07) is -2.41. The number of hydrogen-bond acceptors (Lipinski definition) is 6. The fourth-order valence-corrected chi connectivity index (χ4v) is 3.96. The number of amides is 5. The van der Waals surface area contributed by atoms with E-state index in [2.05, 4.69) is 10.9 Å². The number of urea groups is 1. The van der Waals surface area contributed by atoms with E-state index in [9.17, 15) is 24.4 Å². The maximum atomic E-state index is 12.6. The number of piperidine rings is 2. The first kappa shape index (κ1) is 21.2. The molecule has 3 saturated heterocycles. The van der Waals surface area contributed by atoms with E-state index in [4.69, 9.17) is 4.74 Å². The molecule has 11 heteroatoms. The molecule has 0 radical (unpaired) electrons. The fourth-order valence-electron chi connectivity index (χ4n) is 3.96. The molecule has 0 aromatic carbocycles. The number of fused-ring (bicyclic) bond motifs is 2. The highest BCUT2D eigenvalue weighted by molar-refractivity contribution is 5.91. The molecule has 2 bridgehead atoms. The molecule has 3 heterocycles. The number of nitrogens with one attached hydrogen (secondary N) is 2. The summed E-state index contributed by atoms with van der Waals surface area (Å²) in [4.78, 5) is 52.2. The molecule has 0 unspecified atom stereocenters. The number of ether oxygens (including phenoxy) is 1. The van der Waals surface area contributed by atoms with E-state index in [1.165, 1.54) is 9.80 Å². The molecule has 3 fully saturated rings. The van der Waals surface area contributed by atoms with Crippen LogP contribution in [-0.4, -0.2) is 80.8 Å². The molecule has 3 aliphatic heterocycles. The summed E-state index contributed by atoms with van der Waals surface area (Å²) in [7, 11) is 0. The Labute approximate surface area is 169 Å². The Kier molecular flexibility index (Phi) is 5.87. The van der Waals surface area contributed by atoms with Crippen LogP contribution in [0.3, 0.4) is 0 Å². The van der Waals surface area contributed by atoms with Crippen molar-refractivity contribution in [2.45, 2.75) is 76.6 Å². The van der Waals surface area contributed by atoms with Gasteiger partial charge in [-0.05, 0) is 52.9 Å². The lowest BCUT2D eigenvalue weighted by Crippen LogP contribution is -2.59. The predicted octanol–water partition coefficient (Wildman–Crippen LogP) is 0.581. The van der Waals surface area contributed by atoms with E-state index in [-0.39, 0.29) is 12.6 Å². The van der Waals surface area contributed by atoms with Crippen LogP contribution in [0.5, 0.6) is 0 Å². The monoisotopic (exact) mass is 411 g/mol. The standard InChI is InChI=1S/C18H29N5O6/c1-18(2,3)29-17(27)21-9-5-4-6-12(21)14(24)19-20-15(25)13-8-7-11-10-22(13)16(26)23(11)28/h11-13,28H,4-10H2,1-3H3,(H,19,24)(H,20,25)/t11-,12-,13+/m1/s1. The molecule has 3 rings (SSSR count). The van der Waals surface area contributed by atoms with E-state index in [1.54, 1.807) is 20.8 Å². The van der Waals surface area contributed by atoms with Gasteiger partial charge < -0.3 is 9.64 Å². The van der Waals surface area contributed by atoms with Crippen molar-refractivity contribution < 1.29 is 29.1 Å². The highest BCUT2D eigenvalue weighted by Crippen LogP contribution is 2.28. The third kappa shape index (κ3) is 4.55. The van der Waals surface area contributed by atoms with Crippen LogP contribution >= 0.6 is 0 Å². The van der Waals surface area contributed by atoms with E-state index in [0.717, 1.165) is 12.8 Å². The van der Waals surface area contributed by atoms with Gasteiger partial charge in [-0.2, -0.15) is 0 Å². The van der Waals surface area contributed by atoms with Crippen molar-refractivity contribution >= 4 is 23.9 Å². The van der Waals surface area contributed by atoms with Crippen molar-refractivity contribution in [2.75, 3.05) is 13.1 Å².